The van der Waals surface area contributed by atoms with Crippen LogP contribution in [0.25, 0.3) is 22.2 Å². The summed E-state index contributed by atoms with van der Waals surface area (Å²) < 4.78 is 11.0. The van der Waals surface area contributed by atoms with E-state index in [0.29, 0.717) is 16.3 Å². The van der Waals surface area contributed by atoms with Gasteiger partial charge in [0.1, 0.15) is 5.75 Å². The maximum atomic E-state index is 12.4. The van der Waals surface area contributed by atoms with Gasteiger partial charge in [-0.25, -0.2) is 0 Å². The summed E-state index contributed by atoms with van der Waals surface area (Å²) in [5.41, 5.74) is 1.36. The molecule has 0 aliphatic rings. The van der Waals surface area contributed by atoms with Crippen LogP contribution in [0.2, 0.25) is 5.02 Å². The highest BCUT2D eigenvalue weighted by Crippen LogP contribution is 2.33. The van der Waals surface area contributed by atoms with E-state index < -0.39 is 0 Å². The van der Waals surface area contributed by atoms with Gasteiger partial charge in [-0.05, 0) is 29.7 Å². The van der Waals surface area contributed by atoms with Gasteiger partial charge in [0.15, 0.2) is 0 Å². The Kier molecular flexibility index (Phi) is 5.69. The molecule has 3 aromatic carbocycles. The Labute approximate surface area is 176 Å². The van der Waals surface area contributed by atoms with Crippen LogP contribution in [0.5, 0.6) is 5.75 Å². The Morgan fingerprint density at radius 1 is 1.14 bits per heavy atom. The van der Waals surface area contributed by atoms with E-state index in [2.05, 4.69) is 15.5 Å². The van der Waals surface area contributed by atoms with Gasteiger partial charge in [-0.3, -0.25) is 4.79 Å². The maximum Gasteiger partial charge on any atom is 0.277 e. The zero-order valence-corrected chi connectivity index (χ0v) is 17.0. The fourth-order valence-electron chi connectivity index (χ4n) is 2.87. The van der Waals surface area contributed by atoms with Crippen LogP contribution < -0.4 is 10.1 Å². The summed E-state index contributed by atoms with van der Waals surface area (Å²) in [4.78, 5) is 12.4. The molecule has 29 heavy (non-hydrogen) atoms. The Balaban J connectivity index is 1.44. The van der Waals surface area contributed by atoms with Crippen molar-refractivity contribution in [3.8, 4) is 17.2 Å². The monoisotopic (exact) mass is 425 g/mol. The third kappa shape index (κ3) is 4.36. The van der Waals surface area contributed by atoms with Gasteiger partial charge < -0.3 is 14.5 Å². The lowest BCUT2D eigenvalue weighted by atomic mass is 10.1. The van der Waals surface area contributed by atoms with Crippen LogP contribution in [-0.2, 0) is 4.79 Å². The number of hydrogen-bond acceptors (Lipinski definition) is 6. The highest BCUT2D eigenvalue weighted by molar-refractivity contribution is 7.99. The summed E-state index contributed by atoms with van der Waals surface area (Å²) in [7, 11) is 1.55. The minimum atomic E-state index is -0.161. The predicted octanol–water partition coefficient (Wildman–Crippen LogP) is 5.28. The van der Waals surface area contributed by atoms with Crippen LogP contribution in [0.15, 0.2) is 70.3 Å². The molecule has 0 spiro atoms. The molecule has 4 aromatic rings. The number of anilines is 1. The predicted molar refractivity (Wildman–Crippen MR) is 115 cm³/mol. The van der Waals surface area contributed by atoms with Gasteiger partial charge >= 0.3 is 0 Å². The molecule has 0 fully saturated rings. The van der Waals surface area contributed by atoms with Crippen molar-refractivity contribution in [2.45, 2.75) is 5.22 Å². The average molecular weight is 426 g/mol. The number of ether oxygens (including phenoxy) is 1. The molecule has 0 atom stereocenters. The van der Waals surface area contributed by atoms with E-state index in [-0.39, 0.29) is 22.8 Å². The van der Waals surface area contributed by atoms with Crippen molar-refractivity contribution < 1.29 is 13.9 Å². The van der Waals surface area contributed by atoms with Crippen molar-refractivity contribution in [3.05, 3.63) is 65.7 Å². The third-order valence-corrected chi connectivity index (χ3v) is 5.24. The van der Waals surface area contributed by atoms with Crippen LogP contribution >= 0.6 is 23.4 Å². The topological polar surface area (TPSA) is 77.2 Å². The summed E-state index contributed by atoms with van der Waals surface area (Å²) >= 11 is 7.21. The number of rotatable bonds is 6. The van der Waals surface area contributed by atoms with Crippen LogP contribution in [0.1, 0.15) is 0 Å². The van der Waals surface area contributed by atoms with Gasteiger partial charge in [0.05, 0.1) is 18.4 Å². The lowest BCUT2D eigenvalue weighted by Crippen LogP contribution is -2.14. The molecule has 0 unspecified atom stereocenters. The van der Waals surface area contributed by atoms with E-state index in [0.717, 1.165) is 28.2 Å². The number of amides is 1. The molecule has 4 rings (SSSR count). The SMILES string of the molecule is COc1ccc(Cl)cc1-c1nnc(SCC(=O)Nc2cccc3ccccc23)o1. The molecule has 0 radical (unpaired) electrons. The van der Waals surface area contributed by atoms with Crippen molar-refractivity contribution in [3.63, 3.8) is 0 Å². The zero-order valence-electron chi connectivity index (χ0n) is 15.4. The average Bonchev–Trinajstić information content (AvgIpc) is 3.21. The van der Waals surface area contributed by atoms with Crippen LogP contribution in [0.3, 0.4) is 0 Å². The van der Waals surface area contributed by atoms with E-state index in [1.54, 1.807) is 25.3 Å². The van der Waals surface area contributed by atoms with Gasteiger partial charge in [0, 0.05) is 16.1 Å². The molecule has 0 aliphatic carbocycles. The summed E-state index contributed by atoms with van der Waals surface area (Å²) in [6.07, 6.45) is 0. The quantitative estimate of drug-likeness (QED) is 0.423. The molecular formula is C21H16ClN3O3S. The first-order chi connectivity index (χ1) is 14.1. The van der Waals surface area contributed by atoms with Crippen molar-refractivity contribution in [1.29, 1.82) is 0 Å². The molecule has 0 bridgehead atoms. The summed E-state index contributed by atoms with van der Waals surface area (Å²) in [5, 5.41) is 13.8. The smallest absolute Gasteiger partial charge is 0.277 e. The van der Waals surface area contributed by atoms with Crippen molar-refractivity contribution in [1.82, 2.24) is 10.2 Å². The summed E-state index contributed by atoms with van der Waals surface area (Å²) in [6, 6.07) is 18.8. The second kappa shape index (κ2) is 8.55. The second-order valence-electron chi connectivity index (χ2n) is 6.08. The van der Waals surface area contributed by atoms with Crippen LogP contribution in [0, 0.1) is 0 Å². The van der Waals surface area contributed by atoms with E-state index in [1.807, 2.05) is 42.5 Å². The molecule has 1 aromatic heterocycles. The minimum Gasteiger partial charge on any atom is -0.496 e. The number of nitrogens with one attached hydrogen (secondary N) is 1. The van der Waals surface area contributed by atoms with Gasteiger partial charge in [-0.2, -0.15) is 0 Å². The molecule has 146 valence electrons. The summed E-state index contributed by atoms with van der Waals surface area (Å²) in [6.45, 7) is 0. The van der Waals surface area contributed by atoms with E-state index in [1.165, 1.54) is 0 Å². The standard InChI is InChI=1S/C21H16ClN3O3S/c1-27-18-10-9-14(22)11-16(18)20-24-25-21(28-20)29-12-19(26)23-17-8-4-6-13-5-2-3-7-15(13)17/h2-11H,12H2,1H3,(H,23,26). The number of carbonyl (C=O) groups is 1. The first-order valence-corrected chi connectivity index (χ1v) is 10.1. The van der Waals surface area contributed by atoms with Crippen molar-refractivity contribution in [2.75, 3.05) is 18.2 Å². The Morgan fingerprint density at radius 3 is 2.83 bits per heavy atom. The minimum absolute atomic E-state index is 0.136. The normalized spacial score (nSPS) is 10.8. The highest BCUT2D eigenvalue weighted by atomic mass is 35.5. The number of fused-ring (bicyclic) bond motifs is 1. The molecular weight excluding hydrogens is 410 g/mol. The van der Waals surface area contributed by atoms with E-state index in [4.69, 9.17) is 20.8 Å². The van der Waals surface area contributed by atoms with Gasteiger partial charge in [-0.1, -0.05) is 59.8 Å². The number of aromatic nitrogens is 2. The molecule has 0 saturated carbocycles. The molecule has 8 heteroatoms. The fraction of sp³-hybridized carbons (Fsp3) is 0.0952. The zero-order chi connectivity index (χ0) is 20.2. The number of hydrogen-bond donors (Lipinski definition) is 1. The highest BCUT2D eigenvalue weighted by Gasteiger charge is 2.16. The molecule has 1 heterocycles. The van der Waals surface area contributed by atoms with Crippen LogP contribution in [0.4, 0.5) is 5.69 Å². The van der Waals surface area contributed by atoms with E-state index >= 15 is 0 Å². The lowest BCUT2D eigenvalue weighted by molar-refractivity contribution is -0.113. The second-order valence-corrected chi connectivity index (χ2v) is 7.44. The number of halogens is 1. The first kappa shape index (κ1) is 19.3. The molecule has 0 saturated heterocycles. The van der Waals surface area contributed by atoms with Gasteiger partial charge in [0.2, 0.25) is 5.91 Å². The Bertz CT molecular complexity index is 1170. The molecule has 0 aliphatic heterocycles. The summed E-state index contributed by atoms with van der Waals surface area (Å²) in [5.74, 6) is 0.827. The fourth-order valence-corrected chi connectivity index (χ4v) is 3.61. The Morgan fingerprint density at radius 2 is 1.97 bits per heavy atom. The molecule has 1 amide bonds. The van der Waals surface area contributed by atoms with Crippen LogP contribution in [-0.4, -0.2) is 29.0 Å². The Hall–Kier alpha value is -3.03. The number of nitrogens with zero attached hydrogens (tertiary/aromatic N) is 2. The first-order valence-electron chi connectivity index (χ1n) is 8.72. The number of methoxy groups -OCH3 is 1. The lowest BCUT2D eigenvalue weighted by Gasteiger charge is -2.08. The van der Waals surface area contributed by atoms with E-state index in [9.17, 15) is 4.79 Å². The number of benzene rings is 3. The van der Waals surface area contributed by atoms with Crippen molar-refractivity contribution >= 4 is 45.7 Å². The largest absolute Gasteiger partial charge is 0.496 e. The number of carbonyl (C=O) groups excluding carboxylic acids is 1. The maximum absolute atomic E-state index is 12.4. The molecule has 6 nitrogen and oxygen atoms in total. The molecule has 1 N–H and O–H groups in total. The van der Waals surface area contributed by atoms with Crippen molar-refractivity contribution in [2.24, 2.45) is 0 Å². The third-order valence-electron chi connectivity index (χ3n) is 4.19. The van der Waals surface area contributed by atoms with Gasteiger partial charge in [0.25, 0.3) is 11.1 Å². The number of thioether (sulfide) groups is 1. The van der Waals surface area contributed by atoms with Gasteiger partial charge in [-0.15, -0.1) is 10.2 Å².